The molecule has 0 aliphatic carbocycles. The van der Waals surface area contributed by atoms with Gasteiger partial charge in [0.15, 0.2) is 0 Å². The molecule has 2 aliphatic rings. The van der Waals surface area contributed by atoms with E-state index in [0.717, 1.165) is 63.3 Å². The second-order valence-corrected chi connectivity index (χ2v) is 9.96. The van der Waals surface area contributed by atoms with E-state index in [1.54, 1.807) is 0 Å². The Labute approximate surface area is 222 Å². The van der Waals surface area contributed by atoms with Gasteiger partial charge in [-0.1, -0.05) is 37.3 Å². The van der Waals surface area contributed by atoms with Gasteiger partial charge >= 0.3 is 12.1 Å². The van der Waals surface area contributed by atoms with Crippen molar-refractivity contribution in [3.8, 4) is 5.75 Å². The van der Waals surface area contributed by atoms with Crippen molar-refractivity contribution in [2.24, 2.45) is 5.41 Å². The van der Waals surface area contributed by atoms with Crippen LogP contribution in [0.3, 0.4) is 0 Å². The highest BCUT2D eigenvalue weighted by Gasteiger charge is 2.39. The average molecular weight is 535 g/mol. The number of aliphatic carboxylic acids is 1. The maximum Gasteiger partial charge on any atom is 0.490 e. The number of halogens is 3. The molecule has 0 unspecified atom stereocenters. The molecule has 0 radical (unpaired) electrons. The van der Waals surface area contributed by atoms with Crippen molar-refractivity contribution >= 4 is 11.9 Å². The number of rotatable bonds is 6. The molecule has 2 fully saturated rings. The zero-order valence-corrected chi connectivity index (χ0v) is 22.1. The molecule has 0 atom stereocenters. The van der Waals surface area contributed by atoms with Gasteiger partial charge in [0.2, 0.25) is 0 Å². The Morgan fingerprint density at radius 2 is 1.47 bits per heavy atom. The minimum Gasteiger partial charge on any atom is -0.494 e. The van der Waals surface area contributed by atoms with E-state index >= 15 is 0 Å². The van der Waals surface area contributed by atoms with Crippen LogP contribution in [0.15, 0.2) is 48.5 Å². The van der Waals surface area contributed by atoms with Crippen molar-refractivity contribution in [2.75, 3.05) is 32.8 Å². The first kappa shape index (κ1) is 29.5. The monoisotopic (exact) mass is 534 g/mol. The minimum absolute atomic E-state index is 0.197. The van der Waals surface area contributed by atoms with Crippen molar-refractivity contribution < 1.29 is 32.6 Å². The maximum atomic E-state index is 12.9. The molecule has 0 aromatic heterocycles. The number of alkyl halides is 3. The third-order valence-electron chi connectivity index (χ3n) is 7.55. The van der Waals surface area contributed by atoms with Crippen molar-refractivity contribution in [1.82, 2.24) is 9.80 Å². The van der Waals surface area contributed by atoms with E-state index in [1.165, 1.54) is 24.0 Å². The predicted molar refractivity (Wildman–Crippen MR) is 139 cm³/mol. The summed E-state index contributed by atoms with van der Waals surface area (Å²) in [5.74, 6) is -1.54. The van der Waals surface area contributed by atoms with Crippen LogP contribution >= 0.6 is 0 Å². The van der Waals surface area contributed by atoms with E-state index in [4.69, 9.17) is 14.6 Å². The fourth-order valence-corrected chi connectivity index (χ4v) is 5.11. The summed E-state index contributed by atoms with van der Waals surface area (Å²) in [4.78, 5) is 26.4. The van der Waals surface area contributed by atoms with Crippen LogP contribution in [0.5, 0.6) is 5.75 Å². The SMILES string of the molecule is CCOc1ccccc1CN1CCC2(CC1)CCN(C(=O)c1ccc(CC)cc1)CC2.O=C(O)C(F)(F)F. The zero-order valence-electron chi connectivity index (χ0n) is 22.1. The summed E-state index contributed by atoms with van der Waals surface area (Å²) >= 11 is 0. The lowest BCUT2D eigenvalue weighted by molar-refractivity contribution is -0.192. The fourth-order valence-electron chi connectivity index (χ4n) is 5.11. The van der Waals surface area contributed by atoms with Crippen LogP contribution in [0.2, 0.25) is 0 Å². The van der Waals surface area contributed by atoms with Crippen LogP contribution in [0.25, 0.3) is 0 Å². The second kappa shape index (κ2) is 13.1. The lowest BCUT2D eigenvalue weighted by Crippen LogP contribution is -2.48. The molecule has 0 bridgehead atoms. The summed E-state index contributed by atoms with van der Waals surface area (Å²) in [6.07, 6.45) is 0.660. The van der Waals surface area contributed by atoms with E-state index in [2.05, 4.69) is 47.1 Å². The van der Waals surface area contributed by atoms with Gasteiger partial charge in [-0.2, -0.15) is 13.2 Å². The smallest absolute Gasteiger partial charge is 0.490 e. The van der Waals surface area contributed by atoms with Crippen LogP contribution < -0.4 is 4.74 Å². The van der Waals surface area contributed by atoms with E-state index in [-0.39, 0.29) is 5.91 Å². The Kier molecular flexibility index (Phi) is 10.2. The molecule has 2 heterocycles. The molecule has 1 N–H and O–H groups in total. The molecular formula is C29H37F3N2O4. The summed E-state index contributed by atoms with van der Waals surface area (Å²) in [7, 11) is 0. The standard InChI is InChI=1S/C27H36N2O2.C2HF3O2/c1-3-22-9-11-23(12-10-22)26(30)29-19-15-27(16-20-29)13-17-28(18-14-27)21-24-7-5-6-8-25(24)31-4-2;3-2(4,5)1(6)7/h5-12H,3-4,13-21H2,1-2H3;(H,6,7). The van der Waals surface area contributed by atoms with Gasteiger partial charge in [-0.05, 0) is 81.3 Å². The molecule has 4 rings (SSSR count). The molecule has 1 spiro atoms. The average Bonchev–Trinajstić information content (AvgIpc) is 2.91. The van der Waals surface area contributed by atoms with Crippen LogP contribution in [-0.4, -0.2) is 65.7 Å². The minimum atomic E-state index is -5.08. The van der Waals surface area contributed by atoms with Crippen LogP contribution in [-0.2, 0) is 17.8 Å². The number of benzene rings is 2. The van der Waals surface area contributed by atoms with Crippen molar-refractivity contribution in [3.63, 3.8) is 0 Å². The van der Waals surface area contributed by atoms with E-state index in [1.807, 2.05) is 25.1 Å². The molecule has 208 valence electrons. The van der Waals surface area contributed by atoms with Crippen molar-refractivity contribution in [1.29, 1.82) is 0 Å². The number of carboxylic acids is 1. The Hall–Kier alpha value is -3.07. The highest BCUT2D eigenvalue weighted by atomic mass is 19.4. The number of amides is 1. The third kappa shape index (κ3) is 7.96. The molecule has 9 heteroatoms. The van der Waals surface area contributed by atoms with Crippen LogP contribution in [0.4, 0.5) is 13.2 Å². The first-order chi connectivity index (χ1) is 18.1. The van der Waals surface area contributed by atoms with Gasteiger partial charge < -0.3 is 14.7 Å². The van der Waals surface area contributed by atoms with Crippen molar-refractivity contribution in [3.05, 3.63) is 65.2 Å². The largest absolute Gasteiger partial charge is 0.494 e. The normalized spacial score (nSPS) is 17.4. The topological polar surface area (TPSA) is 70.1 Å². The van der Waals surface area contributed by atoms with E-state index in [0.29, 0.717) is 12.0 Å². The number of piperidine rings is 2. The number of hydrogen-bond donors (Lipinski definition) is 1. The summed E-state index contributed by atoms with van der Waals surface area (Å²) in [6.45, 7) is 9.90. The summed E-state index contributed by atoms with van der Waals surface area (Å²) in [5, 5.41) is 7.12. The number of carbonyl (C=O) groups excluding carboxylic acids is 1. The highest BCUT2D eigenvalue weighted by molar-refractivity contribution is 5.94. The summed E-state index contributed by atoms with van der Waals surface area (Å²) in [5.41, 5.74) is 3.81. The number of carbonyl (C=O) groups is 2. The Bertz CT molecular complexity index is 1050. The van der Waals surface area contributed by atoms with Gasteiger partial charge in [0.05, 0.1) is 6.61 Å². The van der Waals surface area contributed by atoms with Crippen LogP contribution in [0, 0.1) is 5.41 Å². The third-order valence-corrected chi connectivity index (χ3v) is 7.55. The zero-order chi connectivity index (χ0) is 27.8. The number of aryl methyl sites for hydroxylation is 1. The lowest BCUT2D eigenvalue weighted by atomic mass is 9.71. The first-order valence-corrected chi connectivity index (χ1v) is 13.2. The summed E-state index contributed by atoms with van der Waals surface area (Å²) < 4.78 is 37.5. The Balaban J connectivity index is 0.000000505. The van der Waals surface area contributed by atoms with Crippen LogP contribution in [0.1, 0.15) is 61.0 Å². The number of nitrogens with zero attached hydrogens (tertiary/aromatic N) is 2. The number of carboxylic acid groups (broad SMARTS) is 1. The molecule has 38 heavy (non-hydrogen) atoms. The molecule has 2 aliphatic heterocycles. The van der Waals surface area contributed by atoms with Gasteiger partial charge in [-0.25, -0.2) is 4.79 Å². The second-order valence-electron chi connectivity index (χ2n) is 9.96. The maximum absolute atomic E-state index is 12.9. The highest BCUT2D eigenvalue weighted by Crippen LogP contribution is 2.42. The van der Waals surface area contributed by atoms with Gasteiger partial charge in [0.25, 0.3) is 5.91 Å². The fraction of sp³-hybridized carbons (Fsp3) is 0.517. The number of likely N-dealkylation sites (tertiary alicyclic amines) is 2. The Morgan fingerprint density at radius 1 is 0.921 bits per heavy atom. The quantitative estimate of drug-likeness (QED) is 0.507. The first-order valence-electron chi connectivity index (χ1n) is 13.2. The van der Waals surface area contributed by atoms with Crippen molar-refractivity contribution in [2.45, 2.75) is 58.7 Å². The molecular weight excluding hydrogens is 497 g/mol. The molecule has 2 aromatic rings. The molecule has 1 amide bonds. The number of para-hydroxylation sites is 1. The predicted octanol–water partition coefficient (Wildman–Crippen LogP) is 5.80. The van der Waals surface area contributed by atoms with Gasteiger partial charge in [-0.15, -0.1) is 0 Å². The molecule has 2 saturated heterocycles. The van der Waals surface area contributed by atoms with E-state index < -0.39 is 12.1 Å². The Morgan fingerprint density at radius 3 is 2.00 bits per heavy atom. The molecule has 6 nitrogen and oxygen atoms in total. The van der Waals surface area contributed by atoms with Gasteiger partial charge in [0, 0.05) is 30.8 Å². The molecule has 0 saturated carbocycles. The molecule has 2 aromatic carbocycles. The van der Waals surface area contributed by atoms with Gasteiger partial charge in [0.1, 0.15) is 5.75 Å². The van der Waals surface area contributed by atoms with Gasteiger partial charge in [-0.3, -0.25) is 9.69 Å². The number of ether oxygens (including phenoxy) is 1. The van der Waals surface area contributed by atoms with E-state index in [9.17, 15) is 18.0 Å². The number of hydrogen-bond acceptors (Lipinski definition) is 4. The summed E-state index contributed by atoms with van der Waals surface area (Å²) in [6, 6.07) is 16.6. The lowest BCUT2D eigenvalue weighted by Gasteiger charge is -2.47.